The van der Waals surface area contributed by atoms with Gasteiger partial charge in [0.1, 0.15) is 12.0 Å². The van der Waals surface area contributed by atoms with E-state index in [4.69, 9.17) is 19.9 Å². The van der Waals surface area contributed by atoms with Gasteiger partial charge in [0.05, 0.1) is 5.56 Å². The van der Waals surface area contributed by atoms with E-state index in [-0.39, 0.29) is 11.4 Å². The lowest BCUT2D eigenvalue weighted by atomic mass is 10.0. The molecule has 0 saturated carbocycles. The van der Waals surface area contributed by atoms with Crippen molar-refractivity contribution in [3.05, 3.63) is 58.6 Å². The number of nitrogens with two attached hydrogens (primary N) is 1. The Kier molecular flexibility index (Phi) is 5.64. The van der Waals surface area contributed by atoms with Crippen molar-refractivity contribution in [1.82, 2.24) is 9.55 Å². The molecule has 1 fully saturated rings. The van der Waals surface area contributed by atoms with Gasteiger partial charge in [-0.1, -0.05) is 25.1 Å². The van der Waals surface area contributed by atoms with Crippen LogP contribution in [0.3, 0.4) is 0 Å². The highest BCUT2D eigenvalue weighted by Gasteiger charge is 2.58. The van der Waals surface area contributed by atoms with Crippen molar-refractivity contribution in [2.24, 2.45) is 5.92 Å². The van der Waals surface area contributed by atoms with Gasteiger partial charge in [0.25, 0.3) is 5.85 Å². The van der Waals surface area contributed by atoms with Crippen molar-refractivity contribution in [3.8, 4) is 0 Å². The van der Waals surface area contributed by atoms with Crippen LogP contribution in [0.5, 0.6) is 0 Å². The molecule has 4 atom stereocenters. The number of benzene rings is 1. The van der Waals surface area contributed by atoms with E-state index in [2.05, 4.69) is 4.98 Å². The molecule has 10 heteroatoms. The lowest BCUT2D eigenvalue weighted by molar-refractivity contribution is -0.216. The van der Waals surface area contributed by atoms with E-state index in [0.717, 1.165) is 11.5 Å². The number of rotatable bonds is 5. The van der Waals surface area contributed by atoms with Gasteiger partial charge >= 0.3 is 17.6 Å². The number of alkyl halides is 1. The van der Waals surface area contributed by atoms with Gasteiger partial charge in [-0.25, -0.2) is 14.0 Å². The molecule has 2 N–H and O–H groups in total. The summed E-state index contributed by atoms with van der Waals surface area (Å²) >= 11 is 0. The largest absolute Gasteiger partial charge is 0.456 e. The third kappa shape index (κ3) is 4.27. The average Bonchev–Trinajstić information content (AvgIpc) is 2.92. The molecule has 3 rings (SSSR count). The molecule has 1 aromatic heterocycles. The predicted octanol–water partition coefficient (Wildman–Crippen LogP) is 1.44. The van der Waals surface area contributed by atoms with Crippen molar-refractivity contribution in [2.45, 2.75) is 32.0 Å². The van der Waals surface area contributed by atoms with Gasteiger partial charge in [-0.15, -0.1) is 0 Å². The van der Waals surface area contributed by atoms with E-state index < -0.39 is 48.3 Å². The van der Waals surface area contributed by atoms with Crippen LogP contribution in [-0.2, 0) is 19.0 Å². The molecule has 2 heterocycles. The summed E-state index contributed by atoms with van der Waals surface area (Å²) in [7, 11) is 0. The minimum absolute atomic E-state index is 0.00302. The number of nitrogens with zero attached hydrogens (tertiary/aromatic N) is 2. The smallest absolute Gasteiger partial charge is 0.351 e. The van der Waals surface area contributed by atoms with Gasteiger partial charge in [-0.2, -0.15) is 4.98 Å². The summed E-state index contributed by atoms with van der Waals surface area (Å²) in [6.45, 7) is 1.82. The molecule has 1 aromatic carbocycles. The highest BCUT2D eigenvalue weighted by atomic mass is 19.2. The van der Waals surface area contributed by atoms with Crippen LogP contribution < -0.4 is 11.4 Å². The number of halogens is 1. The molecule has 0 bridgehead atoms. The van der Waals surface area contributed by atoms with E-state index >= 15 is 4.39 Å². The number of carbonyl (C=O) groups excluding carboxylic acids is 2. The molecule has 9 nitrogen and oxygen atoms in total. The van der Waals surface area contributed by atoms with E-state index in [1.54, 1.807) is 25.1 Å². The number of nitrogen functional groups attached to an aromatic ring is 1. The minimum atomic E-state index is -2.67. The zero-order chi connectivity index (χ0) is 21.2. The maximum Gasteiger partial charge on any atom is 0.351 e. The van der Waals surface area contributed by atoms with E-state index in [0.29, 0.717) is 0 Å². The Morgan fingerprint density at radius 1 is 1.31 bits per heavy atom. The number of esters is 2. The molecule has 1 aliphatic rings. The van der Waals surface area contributed by atoms with Crippen LogP contribution in [0.1, 0.15) is 30.4 Å². The summed E-state index contributed by atoms with van der Waals surface area (Å²) in [5.41, 5.74) is 4.95. The Balaban J connectivity index is 1.85. The third-order valence-corrected chi connectivity index (χ3v) is 4.50. The number of ether oxygens (including phenoxy) is 3. The van der Waals surface area contributed by atoms with Gasteiger partial charge in [0.15, 0.2) is 12.7 Å². The van der Waals surface area contributed by atoms with Crippen LogP contribution in [0.4, 0.5) is 10.2 Å². The summed E-state index contributed by atoms with van der Waals surface area (Å²) in [4.78, 5) is 39.4. The minimum Gasteiger partial charge on any atom is -0.456 e. The fourth-order valence-electron chi connectivity index (χ4n) is 3.16. The van der Waals surface area contributed by atoms with Crippen molar-refractivity contribution in [1.29, 1.82) is 0 Å². The molecule has 0 spiro atoms. The summed E-state index contributed by atoms with van der Waals surface area (Å²) in [5.74, 6) is -4.97. The van der Waals surface area contributed by atoms with E-state index in [9.17, 15) is 14.4 Å². The Hall–Kier alpha value is -3.27. The first-order valence-corrected chi connectivity index (χ1v) is 8.82. The molecule has 1 aliphatic heterocycles. The van der Waals surface area contributed by atoms with Gasteiger partial charge in [-0.3, -0.25) is 9.36 Å². The second kappa shape index (κ2) is 8.00. The second-order valence-electron chi connectivity index (χ2n) is 6.67. The van der Waals surface area contributed by atoms with E-state index in [1.165, 1.54) is 24.4 Å². The predicted molar refractivity (Wildman–Crippen MR) is 98.3 cm³/mol. The van der Waals surface area contributed by atoms with Crippen molar-refractivity contribution in [3.63, 3.8) is 0 Å². The highest BCUT2D eigenvalue weighted by molar-refractivity contribution is 5.89. The van der Waals surface area contributed by atoms with Gasteiger partial charge in [-0.05, 0) is 18.2 Å². The Morgan fingerprint density at radius 2 is 2.00 bits per heavy atom. The first kappa shape index (κ1) is 20.5. The molecular formula is C19H20FN3O6. The molecule has 0 amide bonds. The molecule has 0 unspecified atom stereocenters. The topological polar surface area (TPSA) is 123 Å². The molecular weight excluding hydrogens is 385 g/mol. The standard InChI is InChI=1S/C19H20FN3O6/c1-11-15(28-12(2)24)19(20,10-27-17(25)13-6-4-3-5-7-13)29-16(11)23-9-8-14(21)22-18(23)26/h3-9,11,15-16H,10H2,1-2H3,(H2,21,22,26)/t11-,15-,16+,19+/m0/s1. The number of anilines is 1. The van der Waals surface area contributed by atoms with Crippen molar-refractivity contribution < 1.29 is 28.2 Å². The van der Waals surface area contributed by atoms with Crippen molar-refractivity contribution >= 4 is 17.8 Å². The number of hydrogen-bond donors (Lipinski definition) is 1. The summed E-state index contributed by atoms with van der Waals surface area (Å²) in [6.07, 6.45) is -1.27. The second-order valence-corrected chi connectivity index (χ2v) is 6.67. The molecule has 0 aliphatic carbocycles. The van der Waals surface area contributed by atoms with Crippen LogP contribution in [0.25, 0.3) is 0 Å². The summed E-state index contributed by atoms with van der Waals surface area (Å²) in [6, 6.07) is 9.36. The van der Waals surface area contributed by atoms with Gasteiger partial charge < -0.3 is 19.9 Å². The maximum atomic E-state index is 15.7. The van der Waals surface area contributed by atoms with Crippen LogP contribution >= 0.6 is 0 Å². The first-order chi connectivity index (χ1) is 13.7. The third-order valence-electron chi connectivity index (χ3n) is 4.50. The zero-order valence-electron chi connectivity index (χ0n) is 15.8. The molecule has 1 saturated heterocycles. The maximum absolute atomic E-state index is 15.7. The van der Waals surface area contributed by atoms with Gasteiger partial charge in [0, 0.05) is 19.0 Å². The fourth-order valence-corrected chi connectivity index (χ4v) is 3.16. The molecule has 2 aromatic rings. The van der Waals surface area contributed by atoms with E-state index in [1.807, 2.05) is 0 Å². The normalized spacial score (nSPS) is 26.1. The van der Waals surface area contributed by atoms with Crippen LogP contribution in [0.2, 0.25) is 0 Å². The number of aromatic nitrogens is 2. The molecule has 29 heavy (non-hydrogen) atoms. The Labute approximate surface area is 165 Å². The number of hydrogen-bond acceptors (Lipinski definition) is 8. The average molecular weight is 405 g/mol. The quantitative estimate of drug-likeness (QED) is 0.742. The fraction of sp³-hybridized carbons (Fsp3) is 0.368. The SMILES string of the molecule is CC(=O)O[C@H]1[C@H](C)[C@H](n2ccc(N)nc2=O)O[C@]1(F)COC(=O)c1ccccc1. The first-order valence-electron chi connectivity index (χ1n) is 8.82. The molecule has 154 valence electrons. The van der Waals surface area contributed by atoms with Crippen LogP contribution in [-0.4, -0.2) is 40.1 Å². The Morgan fingerprint density at radius 3 is 2.62 bits per heavy atom. The Bertz CT molecular complexity index is 966. The highest BCUT2D eigenvalue weighted by Crippen LogP contribution is 2.44. The monoisotopic (exact) mass is 405 g/mol. The summed E-state index contributed by atoms with van der Waals surface area (Å²) < 4.78 is 32.3. The summed E-state index contributed by atoms with van der Waals surface area (Å²) in [5, 5.41) is 0. The van der Waals surface area contributed by atoms with Gasteiger partial charge in [0.2, 0.25) is 0 Å². The van der Waals surface area contributed by atoms with Crippen LogP contribution in [0, 0.1) is 5.92 Å². The molecule has 0 radical (unpaired) electrons. The number of carbonyl (C=O) groups is 2. The zero-order valence-corrected chi connectivity index (χ0v) is 15.8. The van der Waals surface area contributed by atoms with Crippen LogP contribution in [0.15, 0.2) is 47.4 Å². The van der Waals surface area contributed by atoms with Crippen molar-refractivity contribution in [2.75, 3.05) is 12.3 Å². The lowest BCUT2D eigenvalue weighted by Gasteiger charge is -2.26. The lowest BCUT2D eigenvalue weighted by Crippen LogP contribution is -2.44.